The van der Waals surface area contributed by atoms with E-state index in [1.807, 2.05) is 60.7 Å². The second-order valence-electron chi connectivity index (χ2n) is 8.76. The van der Waals surface area contributed by atoms with Crippen LogP contribution in [-0.2, 0) is 29.1 Å². The molecule has 4 aromatic rings. The molecule has 4 aromatic carbocycles. The van der Waals surface area contributed by atoms with E-state index in [1.165, 1.54) is 22.3 Å². The molecule has 0 spiro atoms. The van der Waals surface area contributed by atoms with Gasteiger partial charge >= 0.3 is 0 Å². The van der Waals surface area contributed by atoms with Crippen molar-refractivity contribution in [1.29, 1.82) is 0 Å². The van der Waals surface area contributed by atoms with Gasteiger partial charge in [-0.05, 0) is 57.5 Å². The van der Waals surface area contributed by atoms with Crippen LogP contribution < -0.4 is 5.32 Å². The summed E-state index contributed by atoms with van der Waals surface area (Å²) in [6.07, 6.45) is 1.58. The Morgan fingerprint density at radius 2 is 1.57 bits per heavy atom. The van der Waals surface area contributed by atoms with Crippen molar-refractivity contribution in [2.75, 3.05) is 0 Å². The molecule has 0 aromatic heterocycles. The molecule has 1 unspecified atom stereocenters. The molecule has 0 bridgehead atoms. The molecule has 0 heterocycles. The van der Waals surface area contributed by atoms with Crippen molar-refractivity contribution < 1.29 is 9.59 Å². The number of amides is 2. The highest BCUT2D eigenvalue weighted by Gasteiger charge is 2.29. The summed E-state index contributed by atoms with van der Waals surface area (Å²) >= 11 is 5.99. The van der Waals surface area contributed by atoms with Crippen LogP contribution in [0.1, 0.15) is 33.9 Å². The zero-order chi connectivity index (χ0) is 24.2. The molecule has 0 saturated carbocycles. The van der Waals surface area contributed by atoms with Gasteiger partial charge in [-0.25, -0.2) is 0 Å². The maximum absolute atomic E-state index is 13.6. The number of halogens is 1. The van der Waals surface area contributed by atoms with Gasteiger partial charge in [0.1, 0.15) is 6.04 Å². The molecule has 0 aliphatic heterocycles. The molecule has 5 heteroatoms. The average Bonchev–Trinajstić information content (AvgIpc) is 3.26. The van der Waals surface area contributed by atoms with Gasteiger partial charge in [0.2, 0.25) is 12.3 Å². The minimum Gasteiger partial charge on any atom is -0.350 e. The largest absolute Gasteiger partial charge is 0.350 e. The number of nitrogens with one attached hydrogen (secondary N) is 1. The normalized spacial score (nSPS) is 12.4. The number of hydrogen-bond acceptors (Lipinski definition) is 2. The Bertz CT molecular complexity index is 1350. The molecule has 0 radical (unpaired) electrons. The van der Waals surface area contributed by atoms with Crippen molar-refractivity contribution >= 4 is 23.9 Å². The van der Waals surface area contributed by atoms with Gasteiger partial charge in [-0.2, -0.15) is 0 Å². The van der Waals surface area contributed by atoms with E-state index in [1.54, 1.807) is 17.0 Å². The van der Waals surface area contributed by atoms with Crippen LogP contribution >= 0.6 is 11.6 Å². The maximum atomic E-state index is 13.6. The van der Waals surface area contributed by atoms with Gasteiger partial charge in [0, 0.05) is 18.1 Å². The van der Waals surface area contributed by atoms with Crippen LogP contribution in [0.2, 0.25) is 5.02 Å². The van der Waals surface area contributed by atoms with Crippen molar-refractivity contribution in [3.8, 4) is 11.1 Å². The van der Waals surface area contributed by atoms with E-state index in [9.17, 15) is 9.59 Å². The van der Waals surface area contributed by atoms with E-state index in [4.69, 9.17) is 11.6 Å². The standard InChI is InChI=1S/C30H25ClN2O2/c31-26-13-10-21(11-14-26)18-32-30(35)29(33(20-34)19-22-6-2-1-3-7-22)24-12-15-28-25(17-24)16-23-8-4-5-9-27(23)28/h1-15,17,20,29H,16,18-19H2,(H,32,35). The number of carbonyl (C=O) groups is 2. The van der Waals surface area contributed by atoms with Gasteiger partial charge in [0.25, 0.3) is 0 Å². The number of hydrogen-bond donors (Lipinski definition) is 1. The van der Waals surface area contributed by atoms with Crippen LogP contribution in [0, 0.1) is 0 Å². The zero-order valence-corrected chi connectivity index (χ0v) is 19.9. The first-order valence-electron chi connectivity index (χ1n) is 11.6. The van der Waals surface area contributed by atoms with E-state index in [0.717, 1.165) is 29.5 Å². The molecule has 5 rings (SSSR count). The van der Waals surface area contributed by atoms with Crippen LogP contribution in [0.25, 0.3) is 11.1 Å². The minimum atomic E-state index is -0.756. The fourth-order valence-electron chi connectivity index (χ4n) is 4.70. The second kappa shape index (κ2) is 10.2. The molecule has 1 aliphatic rings. The van der Waals surface area contributed by atoms with Crippen LogP contribution in [0.5, 0.6) is 0 Å². The molecule has 1 N–H and O–H groups in total. The quantitative estimate of drug-likeness (QED) is 0.280. The summed E-state index contributed by atoms with van der Waals surface area (Å²) in [7, 11) is 0. The molecule has 0 saturated heterocycles. The predicted molar refractivity (Wildman–Crippen MR) is 139 cm³/mol. The first kappa shape index (κ1) is 22.9. The van der Waals surface area contributed by atoms with Crippen LogP contribution in [0.15, 0.2) is 97.1 Å². The van der Waals surface area contributed by atoms with Gasteiger partial charge < -0.3 is 10.2 Å². The Balaban J connectivity index is 1.45. The molecular weight excluding hydrogens is 456 g/mol. The SMILES string of the molecule is O=CN(Cc1ccccc1)C(C(=O)NCc1ccc(Cl)cc1)c1ccc2c(c1)Cc1ccccc1-2. The number of carbonyl (C=O) groups excluding carboxylic acids is 2. The summed E-state index contributed by atoms with van der Waals surface area (Å²) in [6, 6.07) is 30.8. The van der Waals surface area contributed by atoms with Gasteiger partial charge in [-0.3, -0.25) is 9.59 Å². The van der Waals surface area contributed by atoms with Gasteiger partial charge in [0.05, 0.1) is 0 Å². The average molecular weight is 481 g/mol. The monoisotopic (exact) mass is 480 g/mol. The maximum Gasteiger partial charge on any atom is 0.247 e. The highest BCUT2D eigenvalue weighted by atomic mass is 35.5. The van der Waals surface area contributed by atoms with Crippen molar-refractivity contribution in [3.63, 3.8) is 0 Å². The molecular formula is C30H25ClN2O2. The van der Waals surface area contributed by atoms with E-state index in [0.29, 0.717) is 18.1 Å². The van der Waals surface area contributed by atoms with Crippen molar-refractivity contribution in [3.05, 3.63) is 130 Å². The lowest BCUT2D eigenvalue weighted by Gasteiger charge is -2.28. The third kappa shape index (κ3) is 4.98. The topological polar surface area (TPSA) is 49.4 Å². The Morgan fingerprint density at radius 3 is 2.34 bits per heavy atom. The lowest BCUT2D eigenvalue weighted by atomic mass is 9.97. The fraction of sp³-hybridized carbons (Fsp3) is 0.133. The van der Waals surface area contributed by atoms with Gasteiger partial charge in [-0.1, -0.05) is 96.5 Å². The fourth-order valence-corrected chi connectivity index (χ4v) is 4.83. The summed E-state index contributed by atoms with van der Waals surface area (Å²) in [5.74, 6) is -0.224. The Morgan fingerprint density at radius 1 is 0.857 bits per heavy atom. The van der Waals surface area contributed by atoms with E-state index >= 15 is 0 Å². The van der Waals surface area contributed by atoms with Crippen LogP contribution in [0.4, 0.5) is 0 Å². The van der Waals surface area contributed by atoms with E-state index < -0.39 is 6.04 Å². The van der Waals surface area contributed by atoms with Crippen molar-refractivity contribution in [1.82, 2.24) is 10.2 Å². The number of rotatable bonds is 8. The van der Waals surface area contributed by atoms with E-state index in [-0.39, 0.29) is 5.91 Å². The van der Waals surface area contributed by atoms with Gasteiger partial charge in [-0.15, -0.1) is 0 Å². The van der Waals surface area contributed by atoms with E-state index in [2.05, 4.69) is 29.6 Å². The number of nitrogens with zero attached hydrogens (tertiary/aromatic N) is 1. The molecule has 1 aliphatic carbocycles. The third-order valence-electron chi connectivity index (χ3n) is 6.44. The highest BCUT2D eigenvalue weighted by molar-refractivity contribution is 6.30. The van der Waals surface area contributed by atoms with Crippen LogP contribution in [-0.4, -0.2) is 17.2 Å². The highest BCUT2D eigenvalue weighted by Crippen LogP contribution is 2.38. The van der Waals surface area contributed by atoms with Gasteiger partial charge in [0.15, 0.2) is 0 Å². The minimum absolute atomic E-state index is 0.224. The summed E-state index contributed by atoms with van der Waals surface area (Å²) in [6.45, 7) is 0.682. The summed E-state index contributed by atoms with van der Waals surface area (Å²) < 4.78 is 0. The van der Waals surface area contributed by atoms with Crippen molar-refractivity contribution in [2.45, 2.75) is 25.6 Å². The molecule has 35 heavy (non-hydrogen) atoms. The molecule has 1 atom stereocenters. The Hall–Kier alpha value is -3.89. The molecule has 174 valence electrons. The molecule has 2 amide bonds. The second-order valence-corrected chi connectivity index (χ2v) is 9.20. The third-order valence-corrected chi connectivity index (χ3v) is 6.69. The Kier molecular flexibility index (Phi) is 6.64. The molecule has 4 nitrogen and oxygen atoms in total. The Labute approximate surface area is 210 Å². The number of fused-ring (bicyclic) bond motifs is 3. The smallest absolute Gasteiger partial charge is 0.247 e. The lowest BCUT2D eigenvalue weighted by molar-refractivity contribution is -0.133. The van der Waals surface area contributed by atoms with Crippen LogP contribution in [0.3, 0.4) is 0 Å². The lowest BCUT2D eigenvalue weighted by Crippen LogP contribution is -2.39. The zero-order valence-electron chi connectivity index (χ0n) is 19.2. The summed E-state index contributed by atoms with van der Waals surface area (Å²) in [5, 5.41) is 3.67. The summed E-state index contributed by atoms with van der Waals surface area (Å²) in [5.41, 5.74) is 7.56. The summed E-state index contributed by atoms with van der Waals surface area (Å²) in [4.78, 5) is 27.4. The first-order valence-corrected chi connectivity index (χ1v) is 12.0. The first-order chi connectivity index (χ1) is 17.1. The van der Waals surface area contributed by atoms with Crippen molar-refractivity contribution in [2.24, 2.45) is 0 Å². The predicted octanol–water partition coefficient (Wildman–Crippen LogP) is 5.93. The molecule has 0 fully saturated rings. The number of benzene rings is 4.